The molecule has 1 atom stereocenters. The van der Waals surface area contributed by atoms with E-state index in [4.69, 9.17) is 5.73 Å². The van der Waals surface area contributed by atoms with Crippen molar-refractivity contribution in [1.82, 2.24) is 0 Å². The van der Waals surface area contributed by atoms with Gasteiger partial charge in [0.15, 0.2) is 0 Å². The second-order valence-electron chi connectivity index (χ2n) is 5.16. The Morgan fingerprint density at radius 1 is 1.15 bits per heavy atom. The van der Waals surface area contributed by atoms with Crippen LogP contribution in [0.4, 0.5) is 8.78 Å². The molecule has 1 saturated carbocycles. The standard InChI is InChI=1S/C10H19F2N/c1-9(2)7(10(9,3)4)6(5-13)8(11)12/h6-8H,5,13H2,1-4H3. The highest BCUT2D eigenvalue weighted by Crippen LogP contribution is 2.71. The molecule has 1 fully saturated rings. The molecule has 0 bridgehead atoms. The normalized spacial score (nSPS) is 27.7. The zero-order chi connectivity index (χ0) is 10.4. The van der Waals surface area contributed by atoms with Gasteiger partial charge >= 0.3 is 0 Å². The zero-order valence-electron chi connectivity index (χ0n) is 8.77. The van der Waals surface area contributed by atoms with Gasteiger partial charge in [-0.25, -0.2) is 8.78 Å². The first-order chi connectivity index (χ1) is 5.76. The second-order valence-corrected chi connectivity index (χ2v) is 5.16. The number of hydrogen-bond acceptors (Lipinski definition) is 1. The van der Waals surface area contributed by atoms with Crippen LogP contribution < -0.4 is 5.73 Å². The van der Waals surface area contributed by atoms with Crippen molar-refractivity contribution in [2.75, 3.05) is 6.54 Å². The fourth-order valence-electron chi connectivity index (χ4n) is 2.70. The first-order valence-electron chi connectivity index (χ1n) is 4.75. The Balaban J connectivity index is 2.76. The van der Waals surface area contributed by atoms with Gasteiger partial charge in [0.1, 0.15) is 0 Å². The van der Waals surface area contributed by atoms with Gasteiger partial charge in [-0.1, -0.05) is 27.7 Å². The highest BCUT2D eigenvalue weighted by atomic mass is 19.3. The summed E-state index contributed by atoms with van der Waals surface area (Å²) in [6.45, 7) is 8.27. The Hall–Kier alpha value is -0.180. The maximum Gasteiger partial charge on any atom is 0.242 e. The Labute approximate surface area is 78.7 Å². The van der Waals surface area contributed by atoms with Gasteiger partial charge in [-0.3, -0.25) is 0 Å². The van der Waals surface area contributed by atoms with Crippen LogP contribution in [0.3, 0.4) is 0 Å². The van der Waals surface area contributed by atoms with E-state index in [1.165, 1.54) is 0 Å². The third-order valence-corrected chi connectivity index (χ3v) is 4.16. The van der Waals surface area contributed by atoms with Crippen LogP contribution in [0.2, 0.25) is 0 Å². The number of halogens is 2. The minimum atomic E-state index is -2.28. The first kappa shape index (κ1) is 10.9. The van der Waals surface area contributed by atoms with Crippen LogP contribution in [0.15, 0.2) is 0 Å². The lowest BCUT2D eigenvalue weighted by Gasteiger charge is -2.15. The van der Waals surface area contributed by atoms with Gasteiger partial charge in [0.25, 0.3) is 0 Å². The quantitative estimate of drug-likeness (QED) is 0.728. The van der Waals surface area contributed by atoms with E-state index in [0.29, 0.717) is 0 Å². The average molecular weight is 191 g/mol. The van der Waals surface area contributed by atoms with Crippen LogP contribution in [0, 0.1) is 22.7 Å². The number of nitrogens with two attached hydrogens (primary N) is 1. The van der Waals surface area contributed by atoms with Crippen molar-refractivity contribution in [2.45, 2.75) is 34.1 Å². The molecule has 1 aliphatic carbocycles. The van der Waals surface area contributed by atoms with Gasteiger partial charge in [-0.2, -0.15) is 0 Å². The average Bonchev–Trinajstić information content (AvgIpc) is 2.32. The molecule has 0 aromatic carbocycles. The molecule has 0 amide bonds. The third kappa shape index (κ3) is 1.37. The van der Waals surface area contributed by atoms with Crippen molar-refractivity contribution in [3.05, 3.63) is 0 Å². The lowest BCUT2D eigenvalue weighted by atomic mass is 9.97. The van der Waals surface area contributed by atoms with Crippen LogP contribution in [0.1, 0.15) is 27.7 Å². The van der Waals surface area contributed by atoms with Gasteiger partial charge in [0.2, 0.25) is 6.43 Å². The molecule has 1 nitrogen and oxygen atoms in total. The van der Waals surface area contributed by atoms with Gasteiger partial charge < -0.3 is 5.73 Å². The number of alkyl halides is 2. The minimum Gasteiger partial charge on any atom is -0.330 e. The Bertz CT molecular complexity index is 185. The molecule has 0 aliphatic heterocycles. The Morgan fingerprint density at radius 3 is 1.62 bits per heavy atom. The van der Waals surface area contributed by atoms with Gasteiger partial charge in [-0.15, -0.1) is 0 Å². The predicted octanol–water partition coefficient (Wildman–Crippen LogP) is 2.51. The molecular weight excluding hydrogens is 172 g/mol. The van der Waals surface area contributed by atoms with Crippen molar-refractivity contribution >= 4 is 0 Å². The van der Waals surface area contributed by atoms with E-state index in [1.54, 1.807) is 0 Å². The summed E-state index contributed by atoms with van der Waals surface area (Å²) < 4.78 is 25.2. The summed E-state index contributed by atoms with van der Waals surface area (Å²) in [6.07, 6.45) is -2.28. The summed E-state index contributed by atoms with van der Waals surface area (Å²) in [7, 11) is 0. The molecule has 0 spiro atoms. The summed E-state index contributed by atoms with van der Waals surface area (Å²) in [5.74, 6) is -0.574. The zero-order valence-corrected chi connectivity index (χ0v) is 8.77. The second kappa shape index (κ2) is 2.91. The van der Waals surface area contributed by atoms with Crippen molar-refractivity contribution in [3.8, 4) is 0 Å². The smallest absolute Gasteiger partial charge is 0.242 e. The molecule has 0 saturated heterocycles. The largest absolute Gasteiger partial charge is 0.330 e. The van der Waals surface area contributed by atoms with E-state index in [9.17, 15) is 8.78 Å². The fourth-order valence-corrected chi connectivity index (χ4v) is 2.70. The Morgan fingerprint density at radius 2 is 1.54 bits per heavy atom. The van der Waals surface area contributed by atoms with Crippen LogP contribution >= 0.6 is 0 Å². The van der Waals surface area contributed by atoms with E-state index >= 15 is 0 Å². The molecule has 3 heteroatoms. The summed E-state index contributed by atoms with van der Waals surface area (Å²) in [4.78, 5) is 0. The topological polar surface area (TPSA) is 26.0 Å². The lowest BCUT2D eigenvalue weighted by molar-refractivity contribution is 0.0590. The molecule has 13 heavy (non-hydrogen) atoms. The summed E-state index contributed by atoms with van der Waals surface area (Å²) in [6, 6.07) is 0. The SMILES string of the molecule is CC1(C)C(C(CN)C(F)F)C1(C)C. The molecule has 0 heterocycles. The molecule has 0 aromatic heterocycles. The van der Waals surface area contributed by atoms with Crippen LogP contribution in [-0.4, -0.2) is 13.0 Å². The summed E-state index contributed by atoms with van der Waals surface area (Å²) in [5.41, 5.74) is 5.39. The monoisotopic (exact) mass is 191 g/mol. The van der Waals surface area contributed by atoms with E-state index in [0.717, 1.165) is 0 Å². The van der Waals surface area contributed by atoms with Crippen LogP contribution in [0.25, 0.3) is 0 Å². The predicted molar refractivity (Wildman–Crippen MR) is 49.6 cm³/mol. The van der Waals surface area contributed by atoms with E-state index in [-0.39, 0.29) is 23.3 Å². The molecule has 0 aromatic rings. The van der Waals surface area contributed by atoms with E-state index in [2.05, 4.69) is 0 Å². The minimum absolute atomic E-state index is 0.00741. The number of hydrogen-bond donors (Lipinski definition) is 1. The van der Waals surface area contributed by atoms with Crippen molar-refractivity contribution in [3.63, 3.8) is 0 Å². The highest BCUT2D eigenvalue weighted by molar-refractivity contribution is 5.14. The molecule has 1 unspecified atom stereocenters. The first-order valence-corrected chi connectivity index (χ1v) is 4.75. The maximum atomic E-state index is 12.6. The van der Waals surface area contributed by atoms with Gasteiger partial charge in [-0.05, 0) is 16.7 Å². The van der Waals surface area contributed by atoms with Gasteiger partial charge in [0.05, 0.1) is 0 Å². The highest BCUT2D eigenvalue weighted by Gasteiger charge is 2.67. The fraction of sp³-hybridized carbons (Fsp3) is 1.00. The summed E-state index contributed by atoms with van der Waals surface area (Å²) in [5, 5.41) is 0. The molecule has 2 N–H and O–H groups in total. The molecule has 78 valence electrons. The Kier molecular flexibility index (Phi) is 2.44. The van der Waals surface area contributed by atoms with E-state index < -0.39 is 12.3 Å². The molecule has 1 rings (SSSR count). The van der Waals surface area contributed by atoms with Crippen molar-refractivity contribution in [2.24, 2.45) is 28.4 Å². The molecular formula is C10H19F2N. The van der Waals surface area contributed by atoms with Gasteiger partial charge in [0, 0.05) is 12.5 Å². The molecule has 1 aliphatic rings. The third-order valence-electron chi connectivity index (χ3n) is 4.16. The van der Waals surface area contributed by atoms with Crippen LogP contribution in [-0.2, 0) is 0 Å². The summed E-state index contributed by atoms with van der Waals surface area (Å²) >= 11 is 0. The van der Waals surface area contributed by atoms with Crippen LogP contribution in [0.5, 0.6) is 0 Å². The number of rotatable bonds is 3. The van der Waals surface area contributed by atoms with Crippen molar-refractivity contribution in [1.29, 1.82) is 0 Å². The molecule has 0 radical (unpaired) electrons. The lowest BCUT2D eigenvalue weighted by Crippen LogP contribution is -2.26. The van der Waals surface area contributed by atoms with E-state index in [1.807, 2.05) is 27.7 Å². The van der Waals surface area contributed by atoms with Crippen molar-refractivity contribution < 1.29 is 8.78 Å². The maximum absolute atomic E-state index is 12.6.